The molecular formula is C66H69N5O5. The van der Waals surface area contributed by atoms with Crippen LogP contribution in [-0.4, -0.2) is 41.9 Å². The quantitative estimate of drug-likeness (QED) is 0.0849. The van der Waals surface area contributed by atoms with Gasteiger partial charge in [0.15, 0.2) is 0 Å². The molecule has 0 unspecified atom stereocenters. The van der Waals surface area contributed by atoms with Gasteiger partial charge in [0, 0.05) is 54.2 Å². The Bertz CT molecular complexity index is 3080. The van der Waals surface area contributed by atoms with Gasteiger partial charge in [-0.1, -0.05) is 148 Å². The highest BCUT2D eigenvalue weighted by molar-refractivity contribution is 6.00. The number of carbonyl (C=O) groups excluding carboxylic acids is 3. The molecule has 2 heterocycles. The molecule has 2 aliphatic rings. The number of fused-ring (bicyclic) bond motifs is 2. The van der Waals surface area contributed by atoms with Gasteiger partial charge in [-0.15, -0.1) is 0 Å². The number of carboxylic acids is 1. The number of amides is 3. The van der Waals surface area contributed by atoms with Crippen molar-refractivity contribution in [3.05, 3.63) is 250 Å². The summed E-state index contributed by atoms with van der Waals surface area (Å²) in [4.78, 5) is 54.3. The Morgan fingerprint density at radius 1 is 0.500 bits per heavy atom. The minimum atomic E-state index is -0.927. The first-order valence-electron chi connectivity index (χ1n) is 25.4. The molecule has 2 atom stereocenters. The van der Waals surface area contributed by atoms with E-state index >= 15 is 0 Å². The summed E-state index contributed by atoms with van der Waals surface area (Å²) in [6.45, 7) is 7.34. The topological polar surface area (TPSA) is 145 Å². The minimum absolute atomic E-state index is 0. The third kappa shape index (κ3) is 13.1. The lowest BCUT2D eigenvalue weighted by atomic mass is 9.96. The number of carboxylic acid groups (broad SMARTS) is 1. The van der Waals surface area contributed by atoms with Gasteiger partial charge in [0.05, 0.1) is 17.6 Å². The van der Waals surface area contributed by atoms with E-state index < -0.39 is 11.9 Å². The number of nitrogens with two attached hydrogens (primary N) is 1. The molecule has 0 saturated heterocycles. The number of nitrogens with one attached hydrogen (secondary N) is 2. The minimum Gasteiger partial charge on any atom is -0.478 e. The summed E-state index contributed by atoms with van der Waals surface area (Å²) in [5.41, 5.74) is 20.4. The zero-order valence-corrected chi connectivity index (χ0v) is 41.8. The average molecular weight is 1010 g/mol. The zero-order chi connectivity index (χ0) is 51.6. The Balaban J connectivity index is 0.000000216. The van der Waals surface area contributed by atoms with E-state index in [1.165, 1.54) is 16.8 Å². The van der Waals surface area contributed by atoms with E-state index in [2.05, 4.69) is 56.8 Å². The molecule has 0 saturated carbocycles. The van der Waals surface area contributed by atoms with Gasteiger partial charge in [-0.3, -0.25) is 14.4 Å². The molecule has 0 spiro atoms. The van der Waals surface area contributed by atoms with Crippen molar-refractivity contribution in [1.82, 2.24) is 10.6 Å². The monoisotopic (exact) mass is 1010 g/mol. The molecule has 8 aromatic rings. The molecule has 388 valence electrons. The number of hydrogen-bond donors (Lipinski definition) is 4. The second kappa shape index (κ2) is 25.5. The lowest BCUT2D eigenvalue weighted by Gasteiger charge is -2.32. The van der Waals surface area contributed by atoms with Gasteiger partial charge in [0.2, 0.25) is 5.91 Å². The fraction of sp³-hybridized carbons (Fsp3) is 0.212. The Morgan fingerprint density at radius 2 is 0.908 bits per heavy atom. The second-order valence-corrected chi connectivity index (χ2v) is 19.1. The fourth-order valence-corrected chi connectivity index (χ4v) is 10.2. The first kappa shape index (κ1) is 55.0. The summed E-state index contributed by atoms with van der Waals surface area (Å²) in [5.74, 6) is -1.48. The summed E-state index contributed by atoms with van der Waals surface area (Å²) in [6, 6.07) is 62.7. The van der Waals surface area contributed by atoms with E-state index in [4.69, 9.17) is 5.73 Å². The van der Waals surface area contributed by atoms with Gasteiger partial charge in [0.1, 0.15) is 0 Å². The molecule has 8 aromatic carbocycles. The summed E-state index contributed by atoms with van der Waals surface area (Å²) in [5, 5.41) is 15.8. The van der Waals surface area contributed by atoms with Crippen LogP contribution in [0.3, 0.4) is 0 Å². The molecule has 0 aromatic heterocycles. The van der Waals surface area contributed by atoms with Crippen LogP contribution in [0.1, 0.15) is 128 Å². The third-order valence-electron chi connectivity index (χ3n) is 14.0. The molecular weight excluding hydrogens is 943 g/mol. The molecule has 0 aliphatic carbocycles. The normalized spacial score (nSPS) is 13.1. The van der Waals surface area contributed by atoms with Crippen molar-refractivity contribution in [3.63, 3.8) is 0 Å². The number of carbonyl (C=O) groups is 4. The van der Waals surface area contributed by atoms with E-state index in [1.807, 2.05) is 153 Å². The van der Waals surface area contributed by atoms with Crippen LogP contribution in [0.15, 0.2) is 194 Å². The van der Waals surface area contributed by atoms with Crippen LogP contribution >= 0.6 is 0 Å². The largest absolute Gasteiger partial charge is 0.478 e. The number of rotatable bonds is 14. The molecule has 5 N–H and O–H groups in total. The number of nitrogens with zero attached hydrogens (tertiary/aromatic N) is 2. The lowest BCUT2D eigenvalue weighted by molar-refractivity contribution is 0.0696. The zero-order valence-electron chi connectivity index (χ0n) is 41.8. The van der Waals surface area contributed by atoms with Crippen LogP contribution in [0.5, 0.6) is 0 Å². The maximum absolute atomic E-state index is 13.0. The summed E-state index contributed by atoms with van der Waals surface area (Å²) in [7, 11) is 0. The molecule has 0 fully saturated rings. The van der Waals surface area contributed by atoms with Crippen molar-refractivity contribution < 1.29 is 24.3 Å². The van der Waals surface area contributed by atoms with Crippen LogP contribution in [0, 0.1) is 0 Å². The highest BCUT2D eigenvalue weighted by atomic mass is 16.4. The van der Waals surface area contributed by atoms with Crippen LogP contribution in [-0.2, 0) is 25.9 Å². The number of aryl methyl sites for hydroxylation is 2. The van der Waals surface area contributed by atoms with Crippen molar-refractivity contribution in [2.45, 2.75) is 79.6 Å². The predicted molar refractivity (Wildman–Crippen MR) is 309 cm³/mol. The van der Waals surface area contributed by atoms with Crippen molar-refractivity contribution in [2.75, 3.05) is 22.9 Å². The van der Waals surface area contributed by atoms with Crippen molar-refractivity contribution in [1.29, 1.82) is 0 Å². The Hall–Kier alpha value is -8.76. The number of aromatic carboxylic acids is 1. The molecule has 3 amide bonds. The van der Waals surface area contributed by atoms with Crippen LogP contribution in [0.4, 0.5) is 11.4 Å². The van der Waals surface area contributed by atoms with Gasteiger partial charge >= 0.3 is 5.97 Å². The van der Waals surface area contributed by atoms with E-state index in [-0.39, 0.29) is 38.8 Å². The van der Waals surface area contributed by atoms with Crippen LogP contribution in [0.2, 0.25) is 0 Å². The molecule has 0 bridgehead atoms. The second-order valence-electron chi connectivity index (χ2n) is 19.1. The maximum atomic E-state index is 13.0. The molecule has 76 heavy (non-hydrogen) atoms. The summed E-state index contributed by atoms with van der Waals surface area (Å²) < 4.78 is 0. The maximum Gasteiger partial charge on any atom is 0.336 e. The molecule has 10 nitrogen and oxygen atoms in total. The highest BCUT2D eigenvalue weighted by Gasteiger charge is 2.23. The summed E-state index contributed by atoms with van der Waals surface area (Å²) >= 11 is 0. The van der Waals surface area contributed by atoms with Gasteiger partial charge in [-0.2, -0.15) is 0 Å². The van der Waals surface area contributed by atoms with Crippen LogP contribution in [0.25, 0.3) is 22.3 Å². The number of primary amides is 1. The SMILES string of the molecule is C.C.C[C@H](NC(=O)c1ccc2c(c1)CCCN2Cc1cccc(-c2ccccc2C(=O)O)c1)c1ccccc1.C[C@H](NC(=O)c1ccc2c(c1)CCCN2Cc1cccc(-c2ccccc2C(N)=O)c1)c1ccccc1. The molecule has 2 aliphatic heterocycles. The Kier molecular flexibility index (Phi) is 18.4. The Labute approximate surface area is 448 Å². The molecule has 10 heteroatoms. The number of hydrogen-bond acceptors (Lipinski definition) is 6. The van der Waals surface area contributed by atoms with E-state index in [9.17, 15) is 24.3 Å². The van der Waals surface area contributed by atoms with Gasteiger partial charge in [-0.05, 0) is 156 Å². The van der Waals surface area contributed by atoms with E-state index in [1.54, 1.807) is 18.2 Å². The third-order valence-corrected chi connectivity index (χ3v) is 14.0. The Morgan fingerprint density at radius 3 is 1.34 bits per heavy atom. The van der Waals surface area contributed by atoms with Gasteiger partial charge in [-0.25, -0.2) is 4.79 Å². The average Bonchev–Trinajstić information content (AvgIpc) is 3.44. The number of benzene rings is 8. The standard InChI is InChI=1S/C32H31N3O2.C32H30N2O3.2CH4/c1-22(24-10-3-2-4-11-24)34-32(37)27-16-17-30-26(20-27)13-8-18-35(30)21-23-9-7-12-25(19-23)28-14-5-6-15-29(28)31(33)36;1-22(24-10-3-2-4-11-24)33-31(35)27-16-17-30-26(20-27)13-8-18-34(30)21-23-9-7-12-25(19-23)28-14-5-6-15-29(28)32(36)37;;/h2-7,9-12,14-17,19-20,22H,8,13,18,21H2,1H3,(H2,33,36)(H,34,37);2-7,9-12,14-17,19-20,22H,8,13,18,21H2,1H3,(H,33,35)(H,36,37);2*1H4/t2*22-;;/m00../s1. The van der Waals surface area contributed by atoms with E-state index in [0.717, 1.165) is 95.5 Å². The molecule has 10 rings (SSSR count). The smallest absolute Gasteiger partial charge is 0.336 e. The highest BCUT2D eigenvalue weighted by Crippen LogP contribution is 2.33. The first-order valence-corrected chi connectivity index (χ1v) is 25.4. The first-order chi connectivity index (χ1) is 36.0. The van der Waals surface area contributed by atoms with E-state index in [0.29, 0.717) is 28.8 Å². The van der Waals surface area contributed by atoms with Crippen molar-refractivity contribution in [3.8, 4) is 22.3 Å². The van der Waals surface area contributed by atoms with Crippen molar-refractivity contribution in [2.24, 2.45) is 5.73 Å². The summed E-state index contributed by atoms with van der Waals surface area (Å²) in [6.07, 6.45) is 3.93. The molecule has 0 radical (unpaired) electrons. The fourth-order valence-electron chi connectivity index (χ4n) is 10.2. The van der Waals surface area contributed by atoms with Crippen LogP contribution < -0.4 is 26.2 Å². The van der Waals surface area contributed by atoms with Gasteiger partial charge in [0.25, 0.3) is 11.8 Å². The van der Waals surface area contributed by atoms with Gasteiger partial charge < -0.3 is 31.3 Å². The lowest BCUT2D eigenvalue weighted by Crippen LogP contribution is -2.30. The van der Waals surface area contributed by atoms with Crippen molar-refractivity contribution >= 4 is 35.1 Å². The number of anilines is 2. The predicted octanol–water partition coefficient (Wildman–Crippen LogP) is 13.7.